The second-order valence-electron chi connectivity index (χ2n) is 6.52. The fourth-order valence-corrected chi connectivity index (χ4v) is 3.37. The highest BCUT2D eigenvalue weighted by Gasteiger charge is 2.23. The van der Waals surface area contributed by atoms with Crippen molar-refractivity contribution in [2.75, 3.05) is 17.7 Å². The third-order valence-corrected chi connectivity index (χ3v) is 5.12. The molecule has 4 rings (SSSR count). The zero-order chi connectivity index (χ0) is 20.5. The van der Waals surface area contributed by atoms with Gasteiger partial charge in [0, 0.05) is 18.2 Å². The van der Waals surface area contributed by atoms with Crippen molar-refractivity contribution in [3.05, 3.63) is 65.2 Å². The summed E-state index contributed by atoms with van der Waals surface area (Å²) in [4.78, 5) is 14.4. The van der Waals surface area contributed by atoms with Crippen molar-refractivity contribution in [3.8, 4) is 17.3 Å². The van der Waals surface area contributed by atoms with Crippen molar-refractivity contribution in [3.63, 3.8) is 0 Å². The highest BCUT2D eigenvalue weighted by atomic mass is 35.5. The Morgan fingerprint density at radius 1 is 1.21 bits per heavy atom. The van der Waals surface area contributed by atoms with Gasteiger partial charge in [-0.1, -0.05) is 41.9 Å². The van der Waals surface area contributed by atoms with Crippen molar-refractivity contribution >= 4 is 28.9 Å². The maximum absolute atomic E-state index is 9.50. The summed E-state index contributed by atoms with van der Waals surface area (Å²) in [6, 6.07) is 13.7. The molecular formula is C20H17ClN8. The first-order valence-corrected chi connectivity index (χ1v) is 9.22. The van der Waals surface area contributed by atoms with Gasteiger partial charge in [-0.15, -0.1) is 0 Å². The number of nitrogen functional groups attached to an aromatic ring is 1. The fourth-order valence-electron chi connectivity index (χ4n) is 3.20. The summed E-state index contributed by atoms with van der Waals surface area (Å²) < 4.78 is 1.60. The summed E-state index contributed by atoms with van der Waals surface area (Å²) in [6.07, 6.45) is 2.92. The first kappa shape index (κ1) is 18.7. The minimum Gasteiger partial charge on any atom is -0.382 e. The third-order valence-electron chi connectivity index (χ3n) is 4.86. The third kappa shape index (κ3) is 3.22. The second-order valence-corrected chi connectivity index (χ2v) is 6.91. The van der Waals surface area contributed by atoms with Crippen LogP contribution in [0.15, 0.2) is 48.9 Å². The van der Waals surface area contributed by atoms with Crippen LogP contribution in [0, 0.1) is 11.3 Å². The summed E-state index contributed by atoms with van der Waals surface area (Å²) in [7, 11) is 1.85. The number of aromatic nitrogens is 5. The van der Waals surface area contributed by atoms with Crippen molar-refractivity contribution in [1.82, 2.24) is 24.6 Å². The lowest BCUT2D eigenvalue weighted by atomic mass is 10.0. The molecule has 9 heteroatoms. The average molecular weight is 405 g/mol. The number of imidazole rings is 1. The van der Waals surface area contributed by atoms with E-state index in [0.717, 1.165) is 16.8 Å². The van der Waals surface area contributed by atoms with Gasteiger partial charge in [0.05, 0.1) is 17.9 Å². The van der Waals surface area contributed by atoms with Crippen LogP contribution in [0.3, 0.4) is 0 Å². The molecule has 0 unspecified atom stereocenters. The standard InChI is InChI=1S/C20H17ClN8/c1-12(28(2)20-15(9-22)19(23)25-11-26-20)14-8-17-24-10-16(21)29(17)27-18(14)13-6-4-3-5-7-13/h3-8,10-12H,1-2H3,(H2,23,25,26)/t12-/m1/s1. The summed E-state index contributed by atoms with van der Waals surface area (Å²) >= 11 is 6.24. The molecule has 0 aliphatic heterocycles. The largest absolute Gasteiger partial charge is 0.382 e. The lowest BCUT2D eigenvalue weighted by Crippen LogP contribution is -2.25. The Bertz CT molecular complexity index is 1230. The van der Waals surface area contributed by atoms with Crippen molar-refractivity contribution in [2.24, 2.45) is 0 Å². The number of fused-ring (bicyclic) bond motifs is 1. The number of halogens is 1. The summed E-state index contributed by atoms with van der Waals surface area (Å²) in [5.41, 5.74) is 9.35. The van der Waals surface area contributed by atoms with Crippen molar-refractivity contribution in [2.45, 2.75) is 13.0 Å². The highest BCUT2D eigenvalue weighted by Crippen LogP contribution is 2.33. The SMILES string of the molecule is C[C@H](c1cc2ncc(Cl)n2nc1-c1ccccc1)N(C)c1ncnc(N)c1C#N. The normalized spacial score (nSPS) is 11.9. The Morgan fingerprint density at radius 2 is 1.97 bits per heavy atom. The molecule has 0 saturated heterocycles. The fraction of sp³-hybridized carbons (Fsp3) is 0.150. The van der Waals surface area contributed by atoms with Gasteiger partial charge in [-0.05, 0) is 13.0 Å². The molecule has 1 aromatic carbocycles. The van der Waals surface area contributed by atoms with Crippen LogP contribution in [0.5, 0.6) is 0 Å². The number of hydrogen-bond donors (Lipinski definition) is 1. The average Bonchev–Trinajstić information content (AvgIpc) is 3.12. The van der Waals surface area contributed by atoms with E-state index in [4.69, 9.17) is 22.4 Å². The van der Waals surface area contributed by atoms with Crippen LogP contribution in [0.2, 0.25) is 5.15 Å². The number of anilines is 2. The van der Waals surface area contributed by atoms with Crippen LogP contribution < -0.4 is 10.6 Å². The van der Waals surface area contributed by atoms with Gasteiger partial charge in [0.15, 0.2) is 16.6 Å². The Morgan fingerprint density at radius 3 is 2.69 bits per heavy atom. The first-order valence-electron chi connectivity index (χ1n) is 8.84. The molecule has 0 amide bonds. The Balaban J connectivity index is 1.89. The van der Waals surface area contributed by atoms with Crippen LogP contribution in [-0.2, 0) is 0 Å². The molecule has 0 fully saturated rings. The Kier molecular flexibility index (Phi) is 4.74. The number of nitriles is 1. The zero-order valence-corrected chi connectivity index (χ0v) is 16.5. The van der Waals surface area contributed by atoms with Gasteiger partial charge in [-0.25, -0.2) is 19.5 Å². The van der Waals surface area contributed by atoms with E-state index in [2.05, 4.69) is 21.0 Å². The first-order chi connectivity index (χ1) is 14.0. The predicted octanol–water partition coefficient (Wildman–Crippen LogP) is 3.49. The molecule has 2 N–H and O–H groups in total. The molecule has 0 spiro atoms. The van der Waals surface area contributed by atoms with E-state index in [-0.39, 0.29) is 17.4 Å². The number of hydrogen-bond acceptors (Lipinski definition) is 7. The van der Waals surface area contributed by atoms with Crippen molar-refractivity contribution in [1.29, 1.82) is 5.26 Å². The molecule has 0 bridgehead atoms. The molecule has 0 aliphatic rings. The Hall–Kier alpha value is -3.70. The summed E-state index contributed by atoms with van der Waals surface area (Å²) in [5.74, 6) is 0.598. The summed E-state index contributed by atoms with van der Waals surface area (Å²) in [6.45, 7) is 2.00. The molecule has 1 atom stereocenters. The van der Waals surface area contributed by atoms with Gasteiger partial charge in [-0.3, -0.25) is 0 Å². The molecule has 0 saturated carbocycles. The molecule has 144 valence electrons. The second kappa shape index (κ2) is 7.37. The van der Waals surface area contributed by atoms with E-state index in [1.54, 1.807) is 10.7 Å². The van der Waals surface area contributed by atoms with Gasteiger partial charge in [0.1, 0.15) is 23.8 Å². The van der Waals surface area contributed by atoms with Crippen LogP contribution >= 0.6 is 11.6 Å². The topological polar surface area (TPSA) is 109 Å². The van der Waals surface area contributed by atoms with Gasteiger partial charge >= 0.3 is 0 Å². The molecule has 3 aromatic heterocycles. The van der Waals surface area contributed by atoms with Gasteiger partial charge in [-0.2, -0.15) is 10.4 Å². The van der Waals surface area contributed by atoms with E-state index >= 15 is 0 Å². The minimum absolute atomic E-state index is 0.147. The van der Waals surface area contributed by atoms with E-state index in [0.29, 0.717) is 16.6 Å². The molecule has 0 aliphatic carbocycles. The molecule has 29 heavy (non-hydrogen) atoms. The molecule has 4 aromatic rings. The number of benzene rings is 1. The lowest BCUT2D eigenvalue weighted by molar-refractivity contribution is 0.719. The van der Waals surface area contributed by atoms with Crippen LogP contribution in [0.1, 0.15) is 24.1 Å². The van der Waals surface area contributed by atoms with E-state index in [1.807, 2.05) is 55.3 Å². The highest BCUT2D eigenvalue weighted by molar-refractivity contribution is 6.29. The van der Waals surface area contributed by atoms with Gasteiger partial charge < -0.3 is 10.6 Å². The van der Waals surface area contributed by atoms with Gasteiger partial charge in [0.2, 0.25) is 0 Å². The zero-order valence-electron chi connectivity index (χ0n) is 15.8. The molecule has 0 radical (unpaired) electrons. The lowest BCUT2D eigenvalue weighted by Gasteiger charge is -2.28. The number of rotatable bonds is 4. The van der Waals surface area contributed by atoms with Crippen molar-refractivity contribution < 1.29 is 0 Å². The molecule has 3 heterocycles. The number of nitrogens with two attached hydrogens (primary N) is 1. The van der Waals surface area contributed by atoms with Crippen LogP contribution in [-0.4, -0.2) is 31.6 Å². The van der Waals surface area contributed by atoms with Crippen LogP contribution in [0.25, 0.3) is 16.9 Å². The Labute approximate surface area is 172 Å². The molecule has 8 nitrogen and oxygen atoms in total. The maximum Gasteiger partial charge on any atom is 0.155 e. The predicted molar refractivity (Wildman–Crippen MR) is 111 cm³/mol. The number of nitrogens with zero attached hydrogens (tertiary/aromatic N) is 7. The smallest absolute Gasteiger partial charge is 0.155 e. The van der Waals surface area contributed by atoms with E-state index in [1.165, 1.54) is 6.33 Å². The minimum atomic E-state index is -0.195. The van der Waals surface area contributed by atoms with Gasteiger partial charge in [0.25, 0.3) is 0 Å². The van der Waals surface area contributed by atoms with E-state index in [9.17, 15) is 5.26 Å². The monoisotopic (exact) mass is 404 g/mol. The molecular weight excluding hydrogens is 388 g/mol. The summed E-state index contributed by atoms with van der Waals surface area (Å²) in [5, 5.41) is 14.7. The maximum atomic E-state index is 9.50. The van der Waals surface area contributed by atoms with Crippen LogP contribution in [0.4, 0.5) is 11.6 Å². The quantitative estimate of drug-likeness (QED) is 0.554. The van der Waals surface area contributed by atoms with E-state index < -0.39 is 0 Å².